The van der Waals surface area contributed by atoms with Crippen molar-refractivity contribution in [2.24, 2.45) is 22.9 Å². The number of aliphatic hydroxyl groups is 2. The van der Waals surface area contributed by atoms with Crippen LogP contribution in [0.1, 0.15) is 74.5 Å². The van der Waals surface area contributed by atoms with Gasteiger partial charge in [0.05, 0.1) is 24.8 Å². The highest BCUT2D eigenvalue weighted by molar-refractivity contribution is 6.03. The third-order valence-corrected chi connectivity index (χ3v) is 13.5. The number of hydrogen-bond acceptors (Lipinski definition) is 11. The Morgan fingerprint density at radius 1 is 0.836 bits per heavy atom. The number of nitrogens with zero attached hydrogens (tertiary/aromatic N) is 2. The van der Waals surface area contributed by atoms with Crippen LogP contribution in [0.15, 0.2) is 139 Å². The summed E-state index contributed by atoms with van der Waals surface area (Å²) in [6, 6.07) is 35.0. The molecule has 2 N–H and O–H groups in total. The zero-order valence-corrected chi connectivity index (χ0v) is 38.1. The molecule has 350 valence electrons. The van der Waals surface area contributed by atoms with Crippen molar-refractivity contribution in [3.05, 3.63) is 150 Å². The van der Waals surface area contributed by atoms with Crippen LogP contribution in [0.4, 0.5) is 4.79 Å². The van der Waals surface area contributed by atoms with Gasteiger partial charge < -0.3 is 43.5 Å². The number of benzene rings is 5. The standard InChI is InChI=1S/C55H60N2O10/c1-3-28-64-55-51(57(54(60)61-4-2)34-38-20-24-49-50(29-38)63-36-62-49)33-47(56-65-35-37-14-6-5-7-15-37)45-31-41(18-10-12-26-58)44(19-11-13-27-59)52(53(45)55)46-32-43(23-25-48(46)67-55)66-42-22-21-39-16-8-9-17-40(39)30-42/h3,5-9,14-17,20-25,29-32,41,44,51-53,58-59H,1,4,10-13,18-19,26-28,33-36H2,2H3. The molecule has 1 saturated carbocycles. The fraction of sp³-hybridized carbons (Fsp3) is 0.382. The summed E-state index contributed by atoms with van der Waals surface area (Å²) in [4.78, 5) is 22.7. The summed E-state index contributed by atoms with van der Waals surface area (Å²) in [5.74, 6) is 1.06. The Morgan fingerprint density at radius 3 is 2.39 bits per heavy atom. The fourth-order valence-electron chi connectivity index (χ4n) is 10.6. The molecule has 2 heterocycles. The molecule has 5 aromatic carbocycles. The van der Waals surface area contributed by atoms with E-state index in [4.69, 9.17) is 38.4 Å². The minimum atomic E-state index is -1.48. The van der Waals surface area contributed by atoms with E-state index in [-0.39, 0.29) is 70.5 Å². The van der Waals surface area contributed by atoms with E-state index in [1.54, 1.807) is 17.9 Å². The van der Waals surface area contributed by atoms with Crippen molar-refractivity contribution in [3.63, 3.8) is 0 Å². The number of oxime groups is 1. The summed E-state index contributed by atoms with van der Waals surface area (Å²) in [7, 11) is 0. The van der Waals surface area contributed by atoms with Crippen LogP contribution in [0, 0.1) is 17.8 Å². The summed E-state index contributed by atoms with van der Waals surface area (Å²) in [5.41, 5.74) is 4.34. The molecular weight excluding hydrogens is 849 g/mol. The average molecular weight is 909 g/mol. The van der Waals surface area contributed by atoms with Crippen LogP contribution in [0.25, 0.3) is 10.8 Å². The number of carbonyl (C=O) groups excluding carboxylic acids is 1. The van der Waals surface area contributed by atoms with Crippen molar-refractivity contribution in [1.29, 1.82) is 0 Å². The highest BCUT2D eigenvalue weighted by atomic mass is 16.7. The third-order valence-electron chi connectivity index (χ3n) is 13.5. The number of unbranched alkanes of at least 4 members (excludes halogenated alkanes) is 2. The van der Waals surface area contributed by atoms with Crippen molar-refractivity contribution in [2.45, 2.75) is 82.8 Å². The lowest BCUT2D eigenvalue weighted by Crippen LogP contribution is -2.70. The van der Waals surface area contributed by atoms with Gasteiger partial charge in [-0.25, -0.2) is 4.79 Å². The van der Waals surface area contributed by atoms with Crippen LogP contribution in [0.3, 0.4) is 0 Å². The Balaban J connectivity index is 1.23. The molecule has 6 unspecified atom stereocenters. The Morgan fingerprint density at radius 2 is 1.58 bits per heavy atom. The van der Waals surface area contributed by atoms with Crippen molar-refractivity contribution in [1.82, 2.24) is 4.90 Å². The average Bonchev–Trinajstić information content (AvgIpc) is 3.83. The van der Waals surface area contributed by atoms with Gasteiger partial charge in [0, 0.05) is 37.7 Å². The van der Waals surface area contributed by atoms with Gasteiger partial charge in [-0.15, -0.1) is 6.58 Å². The zero-order chi connectivity index (χ0) is 46.2. The van der Waals surface area contributed by atoms with Gasteiger partial charge in [-0.3, -0.25) is 4.90 Å². The van der Waals surface area contributed by atoms with Gasteiger partial charge >= 0.3 is 6.09 Å². The predicted molar refractivity (Wildman–Crippen MR) is 255 cm³/mol. The van der Waals surface area contributed by atoms with E-state index in [0.29, 0.717) is 47.3 Å². The van der Waals surface area contributed by atoms with Crippen molar-refractivity contribution >= 4 is 22.6 Å². The van der Waals surface area contributed by atoms with E-state index < -0.39 is 23.8 Å². The first-order valence-electron chi connectivity index (χ1n) is 23.7. The molecule has 12 heteroatoms. The Hall–Kier alpha value is -6.34. The van der Waals surface area contributed by atoms with Crippen LogP contribution in [0.2, 0.25) is 0 Å². The van der Waals surface area contributed by atoms with E-state index in [1.165, 1.54) is 0 Å². The molecule has 2 aliphatic heterocycles. The largest absolute Gasteiger partial charge is 0.459 e. The highest BCUT2D eigenvalue weighted by Crippen LogP contribution is 2.62. The lowest BCUT2D eigenvalue weighted by Gasteiger charge is -2.59. The Labute approximate surface area is 392 Å². The van der Waals surface area contributed by atoms with Crippen LogP contribution >= 0.6 is 0 Å². The van der Waals surface area contributed by atoms with E-state index in [9.17, 15) is 15.0 Å². The molecular formula is C55H60N2O10. The number of amides is 1. The first-order valence-corrected chi connectivity index (χ1v) is 23.7. The molecule has 0 radical (unpaired) electrons. The number of ether oxygens (including phenoxy) is 6. The molecule has 9 rings (SSSR count). The molecule has 67 heavy (non-hydrogen) atoms. The molecule has 12 nitrogen and oxygen atoms in total. The van der Waals surface area contributed by atoms with E-state index in [0.717, 1.165) is 58.7 Å². The second-order valence-electron chi connectivity index (χ2n) is 17.7. The minimum Gasteiger partial charge on any atom is -0.459 e. The van der Waals surface area contributed by atoms with E-state index in [1.807, 2.05) is 84.9 Å². The van der Waals surface area contributed by atoms with Crippen LogP contribution < -0.4 is 18.9 Å². The van der Waals surface area contributed by atoms with Crippen LogP contribution in [0.5, 0.6) is 28.7 Å². The monoisotopic (exact) mass is 908 g/mol. The number of fused-ring (bicyclic) bond motifs is 4. The quantitative estimate of drug-likeness (QED) is 0.0441. The summed E-state index contributed by atoms with van der Waals surface area (Å²) < 4.78 is 38.6. The summed E-state index contributed by atoms with van der Waals surface area (Å²) >= 11 is 0. The fourth-order valence-corrected chi connectivity index (χ4v) is 10.6. The number of allylic oxidation sites excluding steroid dienone is 1. The lowest BCUT2D eigenvalue weighted by molar-refractivity contribution is -0.256. The number of rotatable bonds is 20. The summed E-state index contributed by atoms with van der Waals surface area (Å²) in [6.07, 6.45) is 8.26. The van der Waals surface area contributed by atoms with Gasteiger partial charge in [0.2, 0.25) is 12.6 Å². The van der Waals surface area contributed by atoms with Gasteiger partial charge in [0.25, 0.3) is 0 Å². The van der Waals surface area contributed by atoms with Crippen LogP contribution in [-0.4, -0.2) is 72.0 Å². The molecule has 4 aliphatic rings. The van der Waals surface area contributed by atoms with Crippen LogP contribution in [-0.2, 0) is 27.5 Å². The maximum Gasteiger partial charge on any atom is 0.410 e. The topological polar surface area (TPSA) is 138 Å². The van der Waals surface area contributed by atoms with E-state index >= 15 is 0 Å². The van der Waals surface area contributed by atoms with E-state index in [2.05, 4.69) is 36.9 Å². The number of carbonyl (C=O) groups is 1. The van der Waals surface area contributed by atoms with Gasteiger partial charge in [0.1, 0.15) is 29.9 Å². The first kappa shape index (κ1) is 45.8. The van der Waals surface area contributed by atoms with Gasteiger partial charge in [-0.1, -0.05) is 96.9 Å². The second kappa shape index (κ2) is 21.1. The van der Waals surface area contributed by atoms with Gasteiger partial charge in [0.15, 0.2) is 11.5 Å². The highest BCUT2D eigenvalue weighted by Gasteiger charge is 2.65. The summed E-state index contributed by atoms with van der Waals surface area (Å²) in [5, 5.41) is 27.3. The number of aliphatic hydroxyl groups excluding tert-OH is 2. The normalized spacial score (nSPS) is 22.8. The molecule has 0 spiro atoms. The number of hydrogen-bond donors (Lipinski definition) is 2. The molecule has 2 aliphatic carbocycles. The van der Waals surface area contributed by atoms with Gasteiger partial charge in [-0.05, 0) is 114 Å². The molecule has 0 saturated heterocycles. The SMILES string of the molecule is C=CCOC12Oc3ccc(Oc4ccc5ccccc5c4)cc3C3C(CCCCO)C(CCCCO)C=C(C(=NOCc4ccccc4)CC1N(Cc1ccc4c(c1)OCO4)C(=O)OCC)C32. The van der Waals surface area contributed by atoms with Crippen molar-refractivity contribution in [2.75, 3.05) is 33.2 Å². The van der Waals surface area contributed by atoms with Crippen molar-refractivity contribution < 1.29 is 48.3 Å². The first-order chi connectivity index (χ1) is 32.9. The molecule has 1 fully saturated rings. The molecule has 0 bridgehead atoms. The maximum atomic E-state index is 14.7. The Kier molecular flexibility index (Phi) is 14.4. The molecule has 1 amide bonds. The molecule has 5 aromatic rings. The lowest BCUT2D eigenvalue weighted by atomic mass is 9.55. The van der Waals surface area contributed by atoms with Crippen molar-refractivity contribution in [3.8, 4) is 28.7 Å². The molecule has 0 aromatic heterocycles. The summed E-state index contributed by atoms with van der Waals surface area (Å²) in [6.45, 7) is 6.81. The predicted octanol–water partition coefficient (Wildman–Crippen LogP) is 10.9. The zero-order valence-electron chi connectivity index (χ0n) is 38.1. The molecule has 6 atom stereocenters. The minimum absolute atomic E-state index is 0.0272. The Bertz CT molecular complexity index is 2580. The second-order valence-corrected chi connectivity index (χ2v) is 17.7. The smallest absolute Gasteiger partial charge is 0.410 e. The van der Waals surface area contributed by atoms with Gasteiger partial charge in [-0.2, -0.15) is 0 Å². The maximum absolute atomic E-state index is 14.7. The third kappa shape index (κ3) is 9.75.